The summed E-state index contributed by atoms with van der Waals surface area (Å²) in [6.45, 7) is 3.92. The van der Waals surface area contributed by atoms with Gasteiger partial charge in [0.1, 0.15) is 22.9 Å². The maximum absolute atomic E-state index is 14.2. The van der Waals surface area contributed by atoms with Gasteiger partial charge in [-0.2, -0.15) is 9.50 Å². The van der Waals surface area contributed by atoms with Crippen LogP contribution in [0.3, 0.4) is 0 Å². The molecule has 4 heterocycles. The molecule has 1 aliphatic carbocycles. The zero-order valence-electron chi connectivity index (χ0n) is 26.8. The lowest BCUT2D eigenvalue weighted by molar-refractivity contribution is -0.116. The summed E-state index contributed by atoms with van der Waals surface area (Å²) < 4.78 is 68.9. The molecule has 1 saturated heterocycles. The van der Waals surface area contributed by atoms with Gasteiger partial charge in [0, 0.05) is 44.6 Å². The number of aromatic hydroxyl groups is 1. The second kappa shape index (κ2) is 12.4. The zero-order valence-corrected chi connectivity index (χ0v) is 27.6. The Balaban J connectivity index is 1.33. The van der Waals surface area contributed by atoms with E-state index in [2.05, 4.69) is 26.4 Å². The number of nitrogens with one attached hydrogen (secondary N) is 1. The van der Waals surface area contributed by atoms with Gasteiger partial charge in [-0.05, 0) is 74.1 Å². The first-order chi connectivity index (χ1) is 23.1. The monoisotopic (exact) mass is 708 g/mol. The first kappa shape index (κ1) is 34.4. The number of fused-ring (bicyclic) bond motifs is 1. The van der Waals surface area contributed by atoms with Gasteiger partial charge >= 0.3 is 10.2 Å². The fraction of sp³-hybridized carbons (Fsp3) is 0.406. The van der Waals surface area contributed by atoms with Crippen molar-refractivity contribution in [3.8, 4) is 5.75 Å². The number of nitrogens with zero attached hydrogens (tertiary/aromatic N) is 7. The standard InChI is InChI=1S/C32H37F5N8O3S/c1-2-26-29(43-18-16-42(17-19-43)20-25-27(46)10-7-15-38-25)31(48)45-32(40-30(41-45)22-8-5-3-4-6-9-22)44(26)21-28(47)39-23-11-13-24(14-12-23)49(33,34,35,36)37/h7-8,10-15,46H,2-6,9,16-21H2,1H3,(H,39,47). The maximum Gasteiger partial charge on any atom is 0.310 e. The van der Waals surface area contributed by atoms with Crippen LogP contribution >= 0.6 is 10.2 Å². The molecule has 2 N–H and O–H groups in total. The number of halogens is 5. The average molecular weight is 709 g/mol. The van der Waals surface area contributed by atoms with E-state index in [1.54, 1.807) is 22.9 Å². The van der Waals surface area contributed by atoms with Gasteiger partial charge in [-0.1, -0.05) is 38.8 Å². The molecule has 0 saturated carbocycles. The second-order valence-electron chi connectivity index (χ2n) is 12.3. The van der Waals surface area contributed by atoms with E-state index >= 15 is 0 Å². The van der Waals surface area contributed by atoms with E-state index in [1.807, 2.05) is 11.8 Å². The Morgan fingerprint density at radius 2 is 1.73 bits per heavy atom. The molecular formula is C32H37F5N8O3S. The van der Waals surface area contributed by atoms with E-state index in [4.69, 9.17) is 4.98 Å². The van der Waals surface area contributed by atoms with Crippen molar-refractivity contribution >= 4 is 38.9 Å². The number of piperazine rings is 1. The van der Waals surface area contributed by atoms with Crippen LogP contribution < -0.4 is 15.8 Å². The molecular weight excluding hydrogens is 671 g/mol. The van der Waals surface area contributed by atoms with E-state index in [0.29, 0.717) is 62.0 Å². The molecule has 0 unspecified atom stereocenters. The average Bonchev–Trinajstić information content (AvgIpc) is 3.31. The van der Waals surface area contributed by atoms with E-state index in [-0.39, 0.29) is 41.5 Å². The van der Waals surface area contributed by atoms with Gasteiger partial charge in [0.05, 0.1) is 11.4 Å². The highest BCUT2D eigenvalue weighted by molar-refractivity contribution is 8.45. The topological polar surface area (TPSA) is 121 Å². The molecule has 6 rings (SSSR count). The highest BCUT2D eigenvalue weighted by Crippen LogP contribution is 3.02. The molecule has 0 atom stereocenters. The quantitative estimate of drug-likeness (QED) is 0.189. The first-order valence-corrected chi connectivity index (χ1v) is 18.0. The third-order valence-electron chi connectivity index (χ3n) is 8.80. The van der Waals surface area contributed by atoms with Gasteiger partial charge < -0.3 is 19.9 Å². The first-order valence-electron chi connectivity index (χ1n) is 16.1. The molecule has 1 aromatic carbocycles. The predicted octanol–water partition coefficient (Wildman–Crippen LogP) is 6.52. The lowest BCUT2D eigenvalue weighted by Crippen LogP contribution is -2.48. The smallest absolute Gasteiger partial charge is 0.310 e. The Morgan fingerprint density at radius 3 is 2.41 bits per heavy atom. The number of carbonyl (C=O) groups excluding carboxylic acids is 1. The van der Waals surface area contributed by atoms with E-state index in [1.165, 1.54) is 4.52 Å². The van der Waals surface area contributed by atoms with Crippen LogP contribution in [-0.2, 0) is 24.3 Å². The summed E-state index contributed by atoms with van der Waals surface area (Å²) in [7, 11) is -9.88. The van der Waals surface area contributed by atoms with Gasteiger partial charge in [0.15, 0.2) is 5.82 Å². The zero-order chi connectivity index (χ0) is 35.0. The third kappa shape index (κ3) is 7.56. The Labute approximate surface area is 278 Å². The van der Waals surface area contributed by atoms with Crippen LogP contribution in [0, 0.1) is 0 Å². The van der Waals surface area contributed by atoms with Crippen LogP contribution in [0.5, 0.6) is 5.75 Å². The summed E-state index contributed by atoms with van der Waals surface area (Å²) in [5, 5.41) is 17.3. The molecule has 17 heteroatoms. The molecule has 264 valence electrons. The maximum atomic E-state index is 14.2. The van der Waals surface area contributed by atoms with Crippen LogP contribution in [0.2, 0.25) is 0 Å². The lowest BCUT2D eigenvalue weighted by Gasteiger charge is -2.40. The molecule has 0 radical (unpaired) electrons. The number of amides is 1. The third-order valence-corrected chi connectivity index (χ3v) is 9.97. The van der Waals surface area contributed by atoms with Crippen molar-refractivity contribution in [3.05, 3.63) is 76.2 Å². The summed E-state index contributed by atoms with van der Waals surface area (Å²) in [4.78, 5) is 38.5. The Hall–Kier alpha value is -4.51. The molecule has 0 spiro atoms. The molecule has 49 heavy (non-hydrogen) atoms. The van der Waals surface area contributed by atoms with Crippen LogP contribution in [0.25, 0.3) is 11.4 Å². The number of allylic oxidation sites excluding steroid dienone is 2. The highest BCUT2D eigenvalue weighted by atomic mass is 32.5. The molecule has 11 nitrogen and oxygen atoms in total. The number of anilines is 2. The fourth-order valence-electron chi connectivity index (χ4n) is 6.32. The molecule has 1 fully saturated rings. The predicted molar refractivity (Wildman–Crippen MR) is 178 cm³/mol. The second-order valence-corrected chi connectivity index (χ2v) is 14.7. The number of aromatic nitrogens is 5. The minimum Gasteiger partial charge on any atom is -0.506 e. The summed E-state index contributed by atoms with van der Waals surface area (Å²) in [5.74, 6) is -0.0315. The molecule has 1 amide bonds. The molecule has 1 aliphatic heterocycles. The van der Waals surface area contributed by atoms with Crippen molar-refractivity contribution < 1.29 is 29.3 Å². The van der Waals surface area contributed by atoms with Crippen LogP contribution in [0.4, 0.5) is 30.8 Å². The fourth-order valence-corrected chi connectivity index (χ4v) is 6.97. The number of pyridine rings is 1. The lowest BCUT2D eigenvalue weighted by atomic mass is 10.1. The van der Waals surface area contributed by atoms with Crippen molar-refractivity contribution in [2.75, 3.05) is 36.4 Å². The highest BCUT2D eigenvalue weighted by Gasteiger charge is 2.65. The van der Waals surface area contributed by atoms with E-state index in [0.717, 1.165) is 49.8 Å². The van der Waals surface area contributed by atoms with Gasteiger partial charge in [-0.25, -0.2) is 0 Å². The van der Waals surface area contributed by atoms with Crippen molar-refractivity contribution in [2.24, 2.45) is 0 Å². The normalized spacial score (nSPS) is 17.7. The Morgan fingerprint density at radius 1 is 1.00 bits per heavy atom. The number of carbonyl (C=O) groups is 1. The van der Waals surface area contributed by atoms with E-state index in [9.17, 15) is 34.1 Å². The number of hydrogen-bond acceptors (Lipinski definition) is 8. The van der Waals surface area contributed by atoms with Gasteiger partial charge in [-0.15, -0.1) is 5.10 Å². The summed E-state index contributed by atoms with van der Waals surface area (Å²) in [6, 6.07) is 5.26. The van der Waals surface area contributed by atoms with Crippen LogP contribution in [0.1, 0.15) is 56.2 Å². The van der Waals surface area contributed by atoms with Crippen molar-refractivity contribution in [1.29, 1.82) is 0 Å². The summed E-state index contributed by atoms with van der Waals surface area (Å²) in [6.07, 6.45) is 8.64. The van der Waals surface area contributed by atoms with Crippen molar-refractivity contribution in [2.45, 2.75) is 63.4 Å². The molecule has 3 aromatic heterocycles. The van der Waals surface area contributed by atoms with Crippen molar-refractivity contribution in [3.63, 3.8) is 0 Å². The van der Waals surface area contributed by atoms with Crippen LogP contribution in [-0.4, -0.2) is 66.2 Å². The number of benzene rings is 1. The SMILES string of the molecule is CCc1c(N2CCN(Cc3ncccc3O)CC2)c(=O)n2nc(C3=CCCCCC3)nc2n1CC(=O)Nc1ccc(S(F)(F)(F)(F)F)cc1. The van der Waals surface area contributed by atoms with Crippen LogP contribution in [0.15, 0.2) is 58.4 Å². The molecule has 2 aliphatic rings. The molecule has 4 aromatic rings. The summed E-state index contributed by atoms with van der Waals surface area (Å²) >= 11 is 0. The largest absolute Gasteiger partial charge is 0.506 e. The van der Waals surface area contributed by atoms with Gasteiger partial charge in [0.25, 0.3) is 5.56 Å². The van der Waals surface area contributed by atoms with E-state index < -0.39 is 21.0 Å². The minimum atomic E-state index is -9.88. The Bertz CT molecular complexity index is 1970. The number of rotatable bonds is 9. The van der Waals surface area contributed by atoms with Crippen molar-refractivity contribution in [1.82, 2.24) is 29.0 Å². The minimum absolute atomic E-state index is 0.103. The van der Waals surface area contributed by atoms with Gasteiger partial charge in [-0.3, -0.25) is 19.5 Å². The molecule has 0 bridgehead atoms. The Kier molecular flexibility index (Phi) is 8.71. The number of hydrogen-bond donors (Lipinski definition) is 2. The van der Waals surface area contributed by atoms with Gasteiger partial charge in [0.2, 0.25) is 11.7 Å². The summed E-state index contributed by atoms with van der Waals surface area (Å²) in [5.41, 5.74) is 1.84.